The quantitative estimate of drug-likeness (QED) is 0.746. The van der Waals surface area contributed by atoms with Crippen molar-refractivity contribution in [3.8, 4) is 5.69 Å². The van der Waals surface area contributed by atoms with Crippen LogP contribution in [0.5, 0.6) is 0 Å². The van der Waals surface area contributed by atoms with E-state index in [1.54, 1.807) is 12.1 Å². The summed E-state index contributed by atoms with van der Waals surface area (Å²) in [5.41, 5.74) is 2.88. The lowest BCUT2D eigenvalue weighted by atomic mass is 9.94. The molecule has 2 aromatic rings. The molecule has 7 nitrogen and oxygen atoms in total. The zero-order chi connectivity index (χ0) is 23.6. The number of likely N-dealkylation sites (tertiary alicyclic amines) is 1. The van der Waals surface area contributed by atoms with Crippen LogP contribution in [-0.2, 0) is 17.6 Å². The normalized spacial score (nSPS) is 16.9. The first-order chi connectivity index (χ1) is 15.7. The number of nitrogens with zero attached hydrogens (tertiary/aromatic N) is 3. The van der Waals surface area contributed by atoms with Crippen molar-refractivity contribution in [1.29, 1.82) is 0 Å². The first-order valence-electron chi connectivity index (χ1n) is 11.8. The number of ether oxygens (including phenoxy) is 1. The number of aromatic nitrogens is 2. The Kier molecular flexibility index (Phi) is 6.72. The molecular weight excluding hydrogens is 423 g/mol. The van der Waals surface area contributed by atoms with Crippen LogP contribution >= 0.6 is 0 Å². The molecule has 0 atom stereocenters. The number of piperidine rings is 1. The molecule has 1 aromatic heterocycles. The molecule has 2 amide bonds. The van der Waals surface area contributed by atoms with E-state index in [-0.39, 0.29) is 11.7 Å². The second kappa shape index (κ2) is 9.53. The Balaban J connectivity index is 1.41. The van der Waals surface area contributed by atoms with Crippen LogP contribution in [0.25, 0.3) is 5.69 Å². The zero-order valence-electron chi connectivity index (χ0n) is 19.7. The number of benzene rings is 1. The number of alkyl carbamates (subject to hydrolysis) is 1. The van der Waals surface area contributed by atoms with Gasteiger partial charge in [-0.3, -0.25) is 4.79 Å². The van der Waals surface area contributed by atoms with E-state index in [1.807, 2.05) is 30.4 Å². The van der Waals surface area contributed by atoms with Gasteiger partial charge in [0.25, 0.3) is 5.91 Å². The van der Waals surface area contributed by atoms with E-state index in [9.17, 15) is 14.0 Å². The van der Waals surface area contributed by atoms with E-state index in [0.717, 1.165) is 55.5 Å². The summed E-state index contributed by atoms with van der Waals surface area (Å²) in [5, 5.41) is 7.55. The fourth-order valence-corrected chi connectivity index (χ4v) is 4.60. The van der Waals surface area contributed by atoms with Gasteiger partial charge in [-0.1, -0.05) is 0 Å². The van der Waals surface area contributed by atoms with Crippen molar-refractivity contribution in [2.24, 2.45) is 5.92 Å². The van der Waals surface area contributed by atoms with Gasteiger partial charge in [0.15, 0.2) is 5.69 Å². The number of halogens is 1. The highest BCUT2D eigenvalue weighted by atomic mass is 19.1. The highest BCUT2D eigenvalue weighted by molar-refractivity contribution is 5.94. The maximum Gasteiger partial charge on any atom is 0.407 e. The van der Waals surface area contributed by atoms with Gasteiger partial charge >= 0.3 is 6.09 Å². The molecule has 0 unspecified atom stereocenters. The summed E-state index contributed by atoms with van der Waals surface area (Å²) in [6.45, 7) is 7.34. The number of carbonyl (C=O) groups excluding carboxylic acids is 2. The Morgan fingerprint density at radius 2 is 1.79 bits per heavy atom. The minimum atomic E-state index is -0.518. The Morgan fingerprint density at radius 3 is 2.45 bits per heavy atom. The predicted octanol–water partition coefficient (Wildman–Crippen LogP) is 4.27. The lowest BCUT2D eigenvalue weighted by molar-refractivity contribution is 0.0499. The summed E-state index contributed by atoms with van der Waals surface area (Å²) < 4.78 is 20.5. The minimum absolute atomic E-state index is 0.0347. The third-order valence-corrected chi connectivity index (χ3v) is 6.29. The van der Waals surface area contributed by atoms with Crippen LogP contribution < -0.4 is 5.32 Å². The molecule has 1 saturated heterocycles. The molecule has 1 aliphatic heterocycles. The summed E-state index contributed by atoms with van der Waals surface area (Å²) in [4.78, 5) is 27.2. The topological polar surface area (TPSA) is 76.5 Å². The van der Waals surface area contributed by atoms with Gasteiger partial charge in [0.2, 0.25) is 0 Å². The maximum atomic E-state index is 13.4. The third-order valence-electron chi connectivity index (χ3n) is 6.29. The SMILES string of the molecule is CC(C)(C)OC(=O)NCC1CCN(C(=O)c2nn(-c3ccc(F)cc3)c3c2CCCC3)CC1. The molecule has 1 aromatic carbocycles. The molecule has 2 heterocycles. The molecule has 1 aliphatic carbocycles. The van der Waals surface area contributed by atoms with Crippen molar-refractivity contribution in [3.05, 3.63) is 47.0 Å². The van der Waals surface area contributed by atoms with Crippen molar-refractivity contribution in [3.63, 3.8) is 0 Å². The van der Waals surface area contributed by atoms with Crippen molar-refractivity contribution >= 4 is 12.0 Å². The number of amides is 2. The number of hydrogen-bond donors (Lipinski definition) is 1. The summed E-state index contributed by atoms with van der Waals surface area (Å²) in [5.74, 6) is -0.0140. The Morgan fingerprint density at radius 1 is 1.12 bits per heavy atom. The standard InChI is InChI=1S/C25H33FN4O3/c1-25(2,3)33-24(32)27-16-17-12-14-29(15-13-17)23(31)22-20-6-4-5-7-21(20)30(28-22)19-10-8-18(26)9-11-19/h8-11,17H,4-7,12-16H2,1-3H3,(H,27,32). The van der Waals surface area contributed by atoms with E-state index in [0.29, 0.717) is 31.2 Å². The van der Waals surface area contributed by atoms with E-state index < -0.39 is 11.7 Å². The Labute approximate surface area is 194 Å². The second-order valence-electron chi connectivity index (χ2n) is 9.99. The van der Waals surface area contributed by atoms with E-state index in [1.165, 1.54) is 12.1 Å². The molecule has 1 fully saturated rings. The predicted molar refractivity (Wildman–Crippen MR) is 123 cm³/mol. The highest BCUT2D eigenvalue weighted by Gasteiger charge is 2.31. The maximum absolute atomic E-state index is 13.4. The molecule has 0 bridgehead atoms. The summed E-state index contributed by atoms with van der Waals surface area (Å²) >= 11 is 0. The van der Waals surface area contributed by atoms with Gasteiger partial charge in [-0.05, 0) is 89.5 Å². The fourth-order valence-electron chi connectivity index (χ4n) is 4.60. The minimum Gasteiger partial charge on any atom is -0.444 e. The molecule has 4 rings (SSSR count). The smallest absolute Gasteiger partial charge is 0.407 e. The molecule has 0 spiro atoms. The third kappa shape index (κ3) is 5.54. The first kappa shape index (κ1) is 23.3. The summed E-state index contributed by atoms with van der Waals surface area (Å²) in [7, 11) is 0. The molecule has 8 heteroatoms. The van der Waals surface area contributed by atoms with E-state index >= 15 is 0 Å². The van der Waals surface area contributed by atoms with Gasteiger partial charge in [0, 0.05) is 30.9 Å². The summed E-state index contributed by atoms with van der Waals surface area (Å²) in [6.07, 6.45) is 5.05. The number of fused-ring (bicyclic) bond motifs is 1. The molecular formula is C25H33FN4O3. The van der Waals surface area contributed by atoms with Crippen molar-refractivity contribution < 1.29 is 18.7 Å². The van der Waals surface area contributed by atoms with Gasteiger partial charge in [-0.25, -0.2) is 13.9 Å². The van der Waals surface area contributed by atoms with Crippen molar-refractivity contribution in [1.82, 2.24) is 20.0 Å². The number of nitrogens with one attached hydrogen (secondary N) is 1. The van der Waals surface area contributed by atoms with Crippen LogP contribution in [-0.4, -0.2) is 51.9 Å². The molecule has 33 heavy (non-hydrogen) atoms. The molecule has 1 N–H and O–H groups in total. The monoisotopic (exact) mass is 456 g/mol. The fraction of sp³-hybridized carbons (Fsp3) is 0.560. The van der Waals surface area contributed by atoms with Crippen LogP contribution in [0.1, 0.15) is 68.2 Å². The number of carbonyl (C=O) groups is 2. The number of rotatable bonds is 4. The van der Waals surface area contributed by atoms with E-state index in [4.69, 9.17) is 9.84 Å². The molecule has 178 valence electrons. The molecule has 0 radical (unpaired) electrons. The van der Waals surface area contributed by atoms with Gasteiger partial charge in [0.1, 0.15) is 11.4 Å². The average molecular weight is 457 g/mol. The van der Waals surface area contributed by atoms with Crippen molar-refractivity contribution in [2.45, 2.75) is 64.9 Å². The Bertz CT molecular complexity index is 1000. The van der Waals surface area contributed by atoms with Crippen LogP contribution in [0.3, 0.4) is 0 Å². The van der Waals surface area contributed by atoms with Gasteiger partial charge in [-0.2, -0.15) is 5.10 Å². The van der Waals surface area contributed by atoms with Crippen LogP contribution in [0.2, 0.25) is 0 Å². The van der Waals surface area contributed by atoms with Crippen LogP contribution in [0.15, 0.2) is 24.3 Å². The lowest BCUT2D eigenvalue weighted by Crippen LogP contribution is -2.42. The summed E-state index contributed by atoms with van der Waals surface area (Å²) in [6, 6.07) is 6.25. The van der Waals surface area contributed by atoms with Crippen LogP contribution in [0, 0.1) is 11.7 Å². The highest BCUT2D eigenvalue weighted by Crippen LogP contribution is 2.29. The zero-order valence-corrected chi connectivity index (χ0v) is 19.7. The largest absolute Gasteiger partial charge is 0.444 e. The number of hydrogen-bond acceptors (Lipinski definition) is 4. The van der Waals surface area contributed by atoms with Gasteiger partial charge in [0.05, 0.1) is 5.69 Å². The molecule has 0 saturated carbocycles. The van der Waals surface area contributed by atoms with Gasteiger partial charge < -0.3 is 15.0 Å². The van der Waals surface area contributed by atoms with Crippen molar-refractivity contribution in [2.75, 3.05) is 19.6 Å². The molecule has 2 aliphatic rings. The van der Waals surface area contributed by atoms with Gasteiger partial charge in [-0.15, -0.1) is 0 Å². The van der Waals surface area contributed by atoms with E-state index in [2.05, 4.69) is 5.32 Å². The first-order valence-corrected chi connectivity index (χ1v) is 11.8. The second-order valence-corrected chi connectivity index (χ2v) is 9.99. The van der Waals surface area contributed by atoms with Crippen LogP contribution in [0.4, 0.5) is 9.18 Å². The Hall–Kier alpha value is -2.90. The lowest BCUT2D eigenvalue weighted by Gasteiger charge is -2.32. The average Bonchev–Trinajstić information content (AvgIpc) is 3.17.